The van der Waals surface area contributed by atoms with Gasteiger partial charge in [0, 0.05) is 12.2 Å². The lowest BCUT2D eigenvalue weighted by atomic mass is 9.78. The summed E-state index contributed by atoms with van der Waals surface area (Å²) in [5.41, 5.74) is 0.955. The van der Waals surface area contributed by atoms with Gasteiger partial charge in [-0.15, -0.1) is 0 Å². The molecule has 4 N–H and O–H groups in total. The van der Waals surface area contributed by atoms with Gasteiger partial charge in [0.1, 0.15) is 0 Å². The molecule has 0 atom stereocenters. The van der Waals surface area contributed by atoms with Gasteiger partial charge in [-0.3, -0.25) is 4.79 Å². The van der Waals surface area contributed by atoms with E-state index in [0.29, 0.717) is 12.0 Å². The molecule has 128 valence electrons. The maximum Gasteiger partial charge on any atom is 0.488 e. The summed E-state index contributed by atoms with van der Waals surface area (Å²) in [7, 11) is -5.48. The normalized spacial score (nSPS) is 11.6. The van der Waals surface area contributed by atoms with Crippen LogP contribution in [0.2, 0.25) is 0 Å². The van der Waals surface area contributed by atoms with Gasteiger partial charge >= 0.3 is 7.12 Å². The van der Waals surface area contributed by atoms with E-state index in [9.17, 15) is 23.3 Å². The van der Waals surface area contributed by atoms with Gasteiger partial charge in [0.2, 0.25) is 10.0 Å². The topological polar surface area (TPSA) is 124 Å². The Kier molecular flexibility index (Phi) is 7.20. The Morgan fingerprint density at radius 1 is 1.30 bits per heavy atom. The second kappa shape index (κ2) is 8.44. The van der Waals surface area contributed by atoms with Crippen molar-refractivity contribution in [2.75, 3.05) is 12.4 Å². The number of nitrogens with one attached hydrogen (secondary N) is 1. The van der Waals surface area contributed by atoms with Crippen LogP contribution in [0.1, 0.15) is 36.2 Å². The summed E-state index contributed by atoms with van der Waals surface area (Å²) in [6.45, 7) is 3.58. The number of hydrogen-bond donors (Lipinski definition) is 4. The first-order chi connectivity index (χ1) is 10.7. The third-order valence-corrected chi connectivity index (χ3v) is 4.44. The van der Waals surface area contributed by atoms with Crippen LogP contribution in [-0.4, -0.2) is 49.0 Å². The van der Waals surface area contributed by atoms with Crippen molar-refractivity contribution in [1.29, 1.82) is 0 Å². The molecule has 0 aliphatic heterocycles. The number of rotatable bonds is 8. The van der Waals surface area contributed by atoms with Gasteiger partial charge in [0.05, 0.1) is 5.75 Å². The van der Waals surface area contributed by atoms with E-state index in [1.807, 2.05) is 18.6 Å². The third-order valence-electron chi connectivity index (χ3n) is 3.12. The second-order valence-corrected chi connectivity index (χ2v) is 7.56. The molecular formula is C14H22BNO6S. The number of sulfonamides is 1. The van der Waals surface area contributed by atoms with Crippen LogP contribution < -0.4 is 10.2 Å². The summed E-state index contributed by atoms with van der Waals surface area (Å²) in [5, 5.41) is 27.1. The first-order valence-electron chi connectivity index (χ1n) is 7.31. The van der Waals surface area contributed by atoms with Gasteiger partial charge in [-0.2, -0.15) is 0 Å². The van der Waals surface area contributed by atoms with Crippen LogP contribution in [0.5, 0.6) is 0 Å². The molecular weight excluding hydrogens is 321 g/mol. The minimum Gasteiger partial charge on any atom is -0.423 e. The van der Waals surface area contributed by atoms with Crippen LogP contribution in [0.3, 0.4) is 0 Å². The standard InChI is InChI=1S/C14H22BNO6S/c1-10(2)8-11-9-12(15(19)20)4-5-13(11)14(18)16-23(21,22)7-3-6-17/h4-5,9-10,17,19-20H,3,6-8H2,1-2H3,(H,16,18). The highest BCUT2D eigenvalue weighted by Crippen LogP contribution is 2.14. The predicted molar refractivity (Wildman–Crippen MR) is 87.8 cm³/mol. The molecule has 9 heteroatoms. The molecule has 1 aromatic carbocycles. The quantitative estimate of drug-likeness (QED) is 0.449. The smallest absolute Gasteiger partial charge is 0.423 e. The average molecular weight is 343 g/mol. The van der Waals surface area contributed by atoms with Gasteiger partial charge < -0.3 is 15.2 Å². The van der Waals surface area contributed by atoms with Crippen LogP contribution in [0.25, 0.3) is 0 Å². The lowest BCUT2D eigenvalue weighted by Crippen LogP contribution is -2.35. The molecule has 0 aliphatic carbocycles. The number of aliphatic hydroxyl groups is 1. The molecule has 7 nitrogen and oxygen atoms in total. The summed E-state index contributed by atoms with van der Waals surface area (Å²) in [6.07, 6.45) is 0.525. The van der Waals surface area contributed by atoms with Crippen LogP contribution in [0.4, 0.5) is 0 Å². The summed E-state index contributed by atoms with van der Waals surface area (Å²) in [5.74, 6) is -0.918. The fourth-order valence-electron chi connectivity index (χ4n) is 2.11. The van der Waals surface area contributed by atoms with Crippen molar-refractivity contribution in [3.63, 3.8) is 0 Å². The summed E-state index contributed by atoms with van der Waals surface area (Å²) >= 11 is 0. The minimum atomic E-state index is -3.82. The van der Waals surface area contributed by atoms with Gasteiger partial charge in [-0.1, -0.05) is 26.0 Å². The molecule has 23 heavy (non-hydrogen) atoms. The van der Waals surface area contributed by atoms with Crippen molar-refractivity contribution in [2.24, 2.45) is 5.92 Å². The van der Waals surface area contributed by atoms with E-state index >= 15 is 0 Å². The second-order valence-electron chi connectivity index (χ2n) is 5.72. The lowest BCUT2D eigenvalue weighted by molar-refractivity contribution is 0.0980. The Morgan fingerprint density at radius 3 is 2.48 bits per heavy atom. The van der Waals surface area contributed by atoms with Crippen molar-refractivity contribution < 1.29 is 28.4 Å². The Hall–Kier alpha value is -1.42. The van der Waals surface area contributed by atoms with Crippen LogP contribution in [-0.2, 0) is 16.4 Å². The molecule has 0 saturated heterocycles. The molecule has 0 saturated carbocycles. The molecule has 0 aromatic heterocycles. The minimum absolute atomic E-state index is 0.0388. The summed E-state index contributed by atoms with van der Waals surface area (Å²) < 4.78 is 25.5. The van der Waals surface area contributed by atoms with Crippen LogP contribution in [0, 0.1) is 5.92 Å². The van der Waals surface area contributed by atoms with E-state index in [1.54, 1.807) is 0 Å². The SMILES string of the molecule is CC(C)Cc1cc(B(O)O)ccc1C(=O)NS(=O)(=O)CCCO. The monoisotopic (exact) mass is 343 g/mol. The van der Waals surface area contributed by atoms with Gasteiger partial charge in [0.15, 0.2) is 0 Å². The first kappa shape index (κ1) is 19.6. The average Bonchev–Trinajstić information content (AvgIpc) is 2.43. The molecule has 0 unspecified atom stereocenters. The van der Waals surface area contributed by atoms with E-state index < -0.39 is 23.0 Å². The van der Waals surface area contributed by atoms with E-state index in [4.69, 9.17) is 5.11 Å². The van der Waals surface area contributed by atoms with Crippen molar-refractivity contribution in [3.8, 4) is 0 Å². The van der Waals surface area contributed by atoms with Gasteiger partial charge in [-0.25, -0.2) is 13.1 Å². The fraction of sp³-hybridized carbons (Fsp3) is 0.500. The predicted octanol–water partition coefficient (Wildman–Crippen LogP) is -0.993. The third kappa shape index (κ3) is 6.30. The summed E-state index contributed by atoms with van der Waals surface area (Å²) in [6, 6.07) is 4.23. The Labute approximate surface area is 136 Å². The van der Waals surface area contributed by atoms with E-state index in [1.165, 1.54) is 18.2 Å². The van der Waals surface area contributed by atoms with E-state index in [0.717, 1.165) is 0 Å². The van der Waals surface area contributed by atoms with E-state index in [-0.39, 0.29) is 35.7 Å². The highest BCUT2D eigenvalue weighted by Gasteiger charge is 2.21. The number of benzene rings is 1. The Balaban J connectivity index is 3.07. The van der Waals surface area contributed by atoms with E-state index in [2.05, 4.69) is 0 Å². The molecule has 1 aromatic rings. The van der Waals surface area contributed by atoms with Crippen LogP contribution >= 0.6 is 0 Å². The number of hydrogen-bond acceptors (Lipinski definition) is 6. The van der Waals surface area contributed by atoms with Gasteiger partial charge in [0.25, 0.3) is 5.91 Å². The van der Waals surface area contributed by atoms with Crippen molar-refractivity contribution >= 4 is 28.5 Å². The first-order valence-corrected chi connectivity index (χ1v) is 8.96. The van der Waals surface area contributed by atoms with Gasteiger partial charge in [-0.05, 0) is 35.9 Å². The number of amides is 1. The van der Waals surface area contributed by atoms with Crippen molar-refractivity contribution in [3.05, 3.63) is 29.3 Å². The van der Waals surface area contributed by atoms with Crippen molar-refractivity contribution in [1.82, 2.24) is 4.72 Å². The molecule has 1 rings (SSSR count). The molecule has 0 heterocycles. The number of aliphatic hydroxyl groups excluding tert-OH is 1. The zero-order valence-electron chi connectivity index (χ0n) is 13.2. The molecule has 0 spiro atoms. The summed E-state index contributed by atoms with van der Waals surface area (Å²) in [4.78, 5) is 12.2. The molecule has 1 amide bonds. The Morgan fingerprint density at radius 2 is 1.96 bits per heavy atom. The van der Waals surface area contributed by atoms with Crippen molar-refractivity contribution in [2.45, 2.75) is 26.7 Å². The zero-order chi connectivity index (χ0) is 17.6. The highest BCUT2D eigenvalue weighted by atomic mass is 32.2. The molecule has 0 radical (unpaired) electrons. The maximum atomic E-state index is 12.2. The molecule has 0 bridgehead atoms. The number of carbonyl (C=O) groups is 1. The number of carbonyl (C=O) groups excluding carboxylic acids is 1. The highest BCUT2D eigenvalue weighted by molar-refractivity contribution is 7.90. The Bertz CT molecular complexity index is 645. The largest absolute Gasteiger partial charge is 0.488 e. The molecule has 0 aliphatic rings. The fourth-order valence-corrected chi connectivity index (χ4v) is 3.11. The maximum absolute atomic E-state index is 12.2. The lowest BCUT2D eigenvalue weighted by Gasteiger charge is -2.14. The van der Waals surface area contributed by atoms with Crippen LogP contribution in [0.15, 0.2) is 18.2 Å². The zero-order valence-corrected chi connectivity index (χ0v) is 14.0. The molecule has 0 fully saturated rings.